The first kappa shape index (κ1) is 15.5. The van der Waals surface area contributed by atoms with Crippen molar-refractivity contribution in [2.45, 2.75) is 12.8 Å². The lowest BCUT2D eigenvalue weighted by Crippen LogP contribution is -2.29. The number of aliphatic hydroxyl groups excluding tert-OH is 1. The maximum Gasteiger partial charge on any atom is 0.256 e. The zero-order valence-electron chi connectivity index (χ0n) is 11.8. The molecule has 21 heavy (non-hydrogen) atoms. The van der Waals surface area contributed by atoms with Crippen molar-refractivity contribution in [1.29, 1.82) is 0 Å². The minimum Gasteiger partial charge on any atom is -0.396 e. The fourth-order valence-electron chi connectivity index (χ4n) is 2.53. The van der Waals surface area contributed by atoms with Crippen LogP contribution in [0.2, 0.25) is 0 Å². The molecule has 1 aliphatic heterocycles. The van der Waals surface area contributed by atoms with Crippen molar-refractivity contribution in [3.63, 3.8) is 0 Å². The van der Waals surface area contributed by atoms with E-state index in [1.807, 2.05) is 0 Å². The minimum absolute atomic E-state index is 0.0675. The molecule has 0 aliphatic carbocycles. The highest BCUT2D eigenvalue weighted by Gasteiger charge is 2.27. The average Bonchev–Trinajstić information content (AvgIpc) is 2.93. The van der Waals surface area contributed by atoms with Gasteiger partial charge in [0.15, 0.2) is 0 Å². The standard InChI is InChI=1S/C16H19FN2O2/c17-15-10-12(2-1-7-18)3-4-14(15)16(21)19-8-5-13(11-19)6-9-20/h3-4,10,13,20H,5-9,11,18H2. The van der Waals surface area contributed by atoms with Crippen LogP contribution >= 0.6 is 0 Å². The van der Waals surface area contributed by atoms with Gasteiger partial charge in [-0.25, -0.2) is 4.39 Å². The van der Waals surface area contributed by atoms with E-state index in [1.54, 1.807) is 11.0 Å². The van der Waals surface area contributed by atoms with Gasteiger partial charge in [0.25, 0.3) is 5.91 Å². The first-order valence-corrected chi connectivity index (χ1v) is 7.04. The maximum atomic E-state index is 14.0. The van der Waals surface area contributed by atoms with Gasteiger partial charge in [-0.2, -0.15) is 0 Å². The summed E-state index contributed by atoms with van der Waals surface area (Å²) in [5.41, 5.74) is 5.84. The molecule has 0 spiro atoms. The van der Waals surface area contributed by atoms with Crippen molar-refractivity contribution in [2.75, 3.05) is 26.2 Å². The van der Waals surface area contributed by atoms with Crippen LogP contribution < -0.4 is 5.73 Å². The number of nitrogens with two attached hydrogens (primary N) is 1. The van der Waals surface area contributed by atoms with E-state index in [-0.39, 0.29) is 24.6 Å². The molecule has 1 aromatic carbocycles. The summed E-state index contributed by atoms with van der Waals surface area (Å²) >= 11 is 0. The molecule has 0 bridgehead atoms. The van der Waals surface area contributed by atoms with Crippen molar-refractivity contribution < 1.29 is 14.3 Å². The van der Waals surface area contributed by atoms with Crippen LogP contribution in [0.25, 0.3) is 0 Å². The SMILES string of the molecule is NCC#Cc1ccc(C(=O)N2CCC(CCO)C2)c(F)c1. The second kappa shape index (κ2) is 7.21. The molecular weight excluding hydrogens is 271 g/mol. The van der Waals surface area contributed by atoms with E-state index in [1.165, 1.54) is 12.1 Å². The van der Waals surface area contributed by atoms with Gasteiger partial charge in [-0.3, -0.25) is 4.79 Å². The Kier molecular flexibility index (Phi) is 5.32. The quantitative estimate of drug-likeness (QED) is 0.816. The summed E-state index contributed by atoms with van der Waals surface area (Å²) in [6, 6.07) is 4.36. The van der Waals surface area contributed by atoms with Gasteiger partial charge < -0.3 is 15.7 Å². The first-order chi connectivity index (χ1) is 10.2. The molecule has 112 valence electrons. The zero-order valence-corrected chi connectivity index (χ0v) is 11.8. The number of hydrogen-bond acceptors (Lipinski definition) is 3. The average molecular weight is 290 g/mol. The number of aliphatic hydroxyl groups is 1. The third-order valence-electron chi connectivity index (χ3n) is 3.64. The van der Waals surface area contributed by atoms with Crippen molar-refractivity contribution in [3.8, 4) is 11.8 Å². The first-order valence-electron chi connectivity index (χ1n) is 7.04. The van der Waals surface area contributed by atoms with E-state index in [4.69, 9.17) is 10.8 Å². The summed E-state index contributed by atoms with van der Waals surface area (Å²) in [6.07, 6.45) is 1.54. The largest absolute Gasteiger partial charge is 0.396 e. The highest BCUT2D eigenvalue weighted by Crippen LogP contribution is 2.22. The minimum atomic E-state index is -0.561. The molecule has 0 saturated carbocycles. The van der Waals surface area contributed by atoms with Gasteiger partial charge in [-0.1, -0.05) is 11.8 Å². The van der Waals surface area contributed by atoms with E-state index < -0.39 is 5.82 Å². The second-order valence-corrected chi connectivity index (χ2v) is 5.12. The normalized spacial score (nSPS) is 17.5. The molecule has 0 radical (unpaired) electrons. The number of amides is 1. The van der Waals surface area contributed by atoms with E-state index in [9.17, 15) is 9.18 Å². The lowest BCUT2D eigenvalue weighted by Gasteiger charge is -2.17. The van der Waals surface area contributed by atoms with E-state index >= 15 is 0 Å². The monoisotopic (exact) mass is 290 g/mol. The zero-order chi connectivity index (χ0) is 15.2. The number of nitrogens with zero attached hydrogens (tertiary/aromatic N) is 1. The number of rotatable bonds is 3. The molecule has 1 aliphatic rings. The predicted molar refractivity (Wildman–Crippen MR) is 78.0 cm³/mol. The van der Waals surface area contributed by atoms with Crippen LogP contribution in [0, 0.1) is 23.6 Å². The molecule has 4 nitrogen and oxygen atoms in total. The number of benzene rings is 1. The van der Waals surface area contributed by atoms with Crippen molar-refractivity contribution in [1.82, 2.24) is 4.90 Å². The second-order valence-electron chi connectivity index (χ2n) is 5.12. The van der Waals surface area contributed by atoms with E-state index in [2.05, 4.69) is 11.8 Å². The number of carbonyl (C=O) groups is 1. The van der Waals surface area contributed by atoms with Crippen LogP contribution in [0.1, 0.15) is 28.8 Å². The summed E-state index contributed by atoms with van der Waals surface area (Å²) in [6.45, 7) is 1.52. The Morgan fingerprint density at radius 1 is 1.52 bits per heavy atom. The highest BCUT2D eigenvalue weighted by molar-refractivity contribution is 5.94. The Balaban J connectivity index is 2.09. The Morgan fingerprint density at radius 2 is 2.33 bits per heavy atom. The lowest BCUT2D eigenvalue weighted by molar-refractivity contribution is 0.0780. The third kappa shape index (κ3) is 3.81. The topological polar surface area (TPSA) is 66.6 Å². The summed E-state index contributed by atoms with van der Waals surface area (Å²) in [4.78, 5) is 14.0. The highest BCUT2D eigenvalue weighted by atomic mass is 19.1. The van der Waals surface area contributed by atoms with Gasteiger partial charge in [0, 0.05) is 25.3 Å². The number of halogens is 1. The molecule has 1 atom stereocenters. The molecule has 1 aromatic rings. The molecule has 1 amide bonds. The summed E-state index contributed by atoms with van der Waals surface area (Å²) < 4.78 is 14.0. The van der Waals surface area contributed by atoms with E-state index in [0.717, 1.165) is 6.42 Å². The van der Waals surface area contributed by atoms with Gasteiger partial charge in [-0.15, -0.1) is 0 Å². The van der Waals surface area contributed by atoms with Gasteiger partial charge >= 0.3 is 0 Å². The smallest absolute Gasteiger partial charge is 0.256 e. The number of carbonyl (C=O) groups excluding carboxylic acids is 1. The van der Waals surface area contributed by atoms with E-state index in [0.29, 0.717) is 31.0 Å². The Bertz CT molecular complexity index is 577. The third-order valence-corrected chi connectivity index (χ3v) is 3.64. The fraction of sp³-hybridized carbons (Fsp3) is 0.438. The van der Waals surface area contributed by atoms with Gasteiger partial charge in [0.05, 0.1) is 12.1 Å². The molecule has 1 saturated heterocycles. The predicted octanol–water partition coefficient (Wildman–Crippen LogP) is 0.980. The maximum absolute atomic E-state index is 14.0. The Morgan fingerprint density at radius 3 is 3.00 bits per heavy atom. The van der Waals surface area contributed by atoms with Gasteiger partial charge in [0.2, 0.25) is 0 Å². The summed E-state index contributed by atoms with van der Waals surface area (Å²) in [5.74, 6) is 4.83. The van der Waals surface area contributed by atoms with Crippen LogP contribution in [-0.2, 0) is 0 Å². The van der Waals surface area contributed by atoms with Crippen LogP contribution in [0.3, 0.4) is 0 Å². The Hall–Kier alpha value is -1.90. The van der Waals surface area contributed by atoms with Crippen molar-refractivity contribution in [3.05, 3.63) is 35.1 Å². The molecule has 1 fully saturated rings. The molecule has 5 heteroatoms. The van der Waals surface area contributed by atoms with Gasteiger partial charge in [-0.05, 0) is 37.0 Å². The molecule has 1 unspecified atom stereocenters. The number of likely N-dealkylation sites (tertiary alicyclic amines) is 1. The fourth-order valence-corrected chi connectivity index (χ4v) is 2.53. The van der Waals surface area contributed by atoms with Crippen molar-refractivity contribution in [2.24, 2.45) is 11.7 Å². The molecule has 2 rings (SSSR count). The molecule has 3 N–H and O–H groups in total. The molecular formula is C16H19FN2O2. The molecule has 1 heterocycles. The van der Waals surface area contributed by atoms with Crippen LogP contribution in [-0.4, -0.2) is 42.2 Å². The lowest BCUT2D eigenvalue weighted by atomic mass is 10.1. The molecule has 0 aromatic heterocycles. The van der Waals surface area contributed by atoms with Crippen LogP contribution in [0.15, 0.2) is 18.2 Å². The Labute approximate surface area is 123 Å². The van der Waals surface area contributed by atoms with Gasteiger partial charge in [0.1, 0.15) is 5.82 Å². The van der Waals surface area contributed by atoms with Crippen LogP contribution in [0.4, 0.5) is 4.39 Å². The summed E-state index contributed by atoms with van der Waals surface area (Å²) in [5, 5.41) is 8.93. The summed E-state index contributed by atoms with van der Waals surface area (Å²) in [7, 11) is 0. The number of hydrogen-bond donors (Lipinski definition) is 2. The van der Waals surface area contributed by atoms with Crippen LogP contribution in [0.5, 0.6) is 0 Å². The van der Waals surface area contributed by atoms with Crippen molar-refractivity contribution >= 4 is 5.91 Å².